The van der Waals surface area contributed by atoms with Crippen LogP contribution in [-0.4, -0.2) is 23.9 Å². The summed E-state index contributed by atoms with van der Waals surface area (Å²) in [6.45, 7) is 1.77. The van der Waals surface area contributed by atoms with Gasteiger partial charge in [0.2, 0.25) is 0 Å². The number of fused-ring (bicyclic) bond motifs is 1. The van der Waals surface area contributed by atoms with Crippen LogP contribution in [0.25, 0.3) is 0 Å². The Labute approximate surface area is 120 Å². The fourth-order valence-electron chi connectivity index (χ4n) is 3.23. The van der Waals surface area contributed by atoms with Crippen molar-refractivity contribution in [1.29, 1.82) is 0 Å². The quantitative estimate of drug-likeness (QED) is 0.705. The monoisotopic (exact) mass is 359 g/mol. The Kier molecular flexibility index (Phi) is 3.30. The summed E-state index contributed by atoms with van der Waals surface area (Å²) >= 11 is 2.03. The third kappa shape index (κ3) is 2.15. The molecule has 2 fully saturated rings. The van der Waals surface area contributed by atoms with Crippen LogP contribution >= 0.6 is 22.6 Å². The molecule has 3 rings (SSSR count). The van der Waals surface area contributed by atoms with Gasteiger partial charge in [-0.3, -0.25) is 4.79 Å². The van der Waals surface area contributed by atoms with Gasteiger partial charge in [0.15, 0.2) is 0 Å². The van der Waals surface area contributed by atoms with Crippen LogP contribution in [0.5, 0.6) is 0 Å². The van der Waals surface area contributed by atoms with Crippen LogP contribution in [0.3, 0.4) is 0 Å². The Morgan fingerprint density at radius 1 is 1.28 bits per heavy atom. The third-order valence-electron chi connectivity index (χ3n) is 4.18. The van der Waals surface area contributed by atoms with Crippen molar-refractivity contribution < 1.29 is 9.18 Å². The smallest absolute Gasteiger partial charge is 0.254 e. The van der Waals surface area contributed by atoms with Crippen molar-refractivity contribution in [1.82, 2.24) is 4.90 Å². The van der Waals surface area contributed by atoms with E-state index in [1.54, 1.807) is 6.07 Å². The van der Waals surface area contributed by atoms with E-state index in [0.717, 1.165) is 13.1 Å². The minimum atomic E-state index is -0.283. The molecule has 1 heterocycles. The molecule has 1 aromatic rings. The van der Waals surface area contributed by atoms with E-state index in [-0.39, 0.29) is 11.7 Å². The Bertz CT molecular complexity index is 479. The lowest BCUT2D eigenvalue weighted by molar-refractivity contribution is 0.0779. The van der Waals surface area contributed by atoms with E-state index in [0.29, 0.717) is 21.0 Å². The molecule has 96 valence electrons. The molecule has 0 aromatic heterocycles. The number of likely N-dealkylation sites (tertiary alicyclic amines) is 1. The molecule has 0 bridgehead atoms. The zero-order chi connectivity index (χ0) is 12.7. The van der Waals surface area contributed by atoms with Crippen LogP contribution in [0.15, 0.2) is 18.2 Å². The normalized spacial score (nSPS) is 26.4. The third-order valence-corrected chi connectivity index (χ3v) is 5.07. The van der Waals surface area contributed by atoms with Crippen molar-refractivity contribution in [3.63, 3.8) is 0 Å². The van der Waals surface area contributed by atoms with Crippen LogP contribution in [-0.2, 0) is 0 Å². The van der Waals surface area contributed by atoms with Crippen LogP contribution in [0.2, 0.25) is 0 Å². The van der Waals surface area contributed by atoms with Crippen molar-refractivity contribution in [2.24, 2.45) is 11.8 Å². The number of amides is 1. The van der Waals surface area contributed by atoms with Gasteiger partial charge in [-0.1, -0.05) is 6.42 Å². The first kappa shape index (κ1) is 12.4. The van der Waals surface area contributed by atoms with Gasteiger partial charge in [0.25, 0.3) is 5.91 Å². The molecule has 0 spiro atoms. The number of benzene rings is 1. The molecule has 1 saturated carbocycles. The molecule has 4 heteroatoms. The summed E-state index contributed by atoms with van der Waals surface area (Å²) in [5.41, 5.74) is 0.636. The molecular weight excluding hydrogens is 344 g/mol. The predicted octanol–water partition coefficient (Wildman–Crippen LogP) is 3.30. The summed E-state index contributed by atoms with van der Waals surface area (Å²) in [5, 5.41) is 0. The molecular formula is C14H15FINO. The van der Waals surface area contributed by atoms with Gasteiger partial charge in [-0.05, 0) is 65.5 Å². The first-order valence-electron chi connectivity index (χ1n) is 6.39. The van der Waals surface area contributed by atoms with Crippen LogP contribution in [0.4, 0.5) is 4.39 Å². The number of nitrogens with zero attached hydrogens (tertiary/aromatic N) is 1. The maximum Gasteiger partial charge on any atom is 0.254 e. The first-order chi connectivity index (χ1) is 8.65. The number of hydrogen-bond acceptors (Lipinski definition) is 1. The summed E-state index contributed by atoms with van der Waals surface area (Å²) in [6.07, 6.45) is 3.83. The van der Waals surface area contributed by atoms with Crippen LogP contribution < -0.4 is 0 Å². The fraction of sp³-hybridized carbons (Fsp3) is 0.500. The maximum atomic E-state index is 13.0. The Balaban J connectivity index is 1.79. The van der Waals surface area contributed by atoms with Crippen molar-refractivity contribution in [2.75, 3.05) is 13.1 Å². The van der Waals surface area contributed by atoms with E-state index in [1.165, 1.54) is 31.4 Å². The molecule has 1 amide bonds. The van der Waals surface area contributed by atoms with E-state index in [9.17, 15) is 9.18 Å². The van der Waals surface area contributed by atoms with Crippen molar-refractivity contribution >= 4 is 28.5 Å². The van der Waals surface area contributed by atoms with Crippen LogP contribution in [0, 0.1) is 21.2 Å². The minimum absolute atomic E-state index is 0.0637. The van der Waals surface area contributed by atoms with E-state index < -0.39 is 0 Å². The van der Waals surface area contributed by atoms with Gasteiger partial charge in [0, 0.05) is 16.7 Å². The second kappa shape index (κ2) is 4.79. The molecule has 18 heavy (non-hydrogen) atoms. The van der Waals surface area contributed by atoms with E-state index >= 15 is 0 Å². The topological polar surface area (TPSA) is 20.3 Å². The van der Waals surface area contributed by atoms with Gasteiger partial charge in [0.05, 0.1) is 5.56 Å². The molecule has 2 unspecified atom stereocenters. The minimum Gasteiger partial charge on any atom is -0.338 e. The highest BCUT2D eigenvalue weighted by molar-refractivity contribution is 14.1. The largest absolute Gasteiger partial charge is 0.338 e. The van der Waals surface area contributed by atoms with Gasteiger partial charge in [-0.15, -0.1) is 0 Å². The standard InChI is InChI=1S/C14H15FINO/c15-11-4-5-12(13(16)6-11)14(18)17-7-9-2-1-3-10(9)8-17/h4-6,9-10H,1-3,7-8H2. The Morgan fingerprint density at radius 2 is 1.94 bits per heavy atom. The van der Waals surface area contributed by atoms with Crippen molar-refractivity contribution in [3.8, 4) is 0 Å². The first-order valence-corrected chi connectivity index (χ1v) is 7.47. The number of halogens is 2. The lowest BCUT2D eigenvalue weighted by Crippen LogP contribution is -2.30. The summed E-state index contributed by atoms with van der Waals surface area (Å²) in [6, 6.07) is 4.39. The zero-order valence-corrected chi connectivity index (χ0v) is 12.2. The molecule has 2 aliphatic rings. The van der Waals surface area contributed by atoms with Crippen LogP contribution in [0.1, 0.15) is 29.6 Å². The SMILES string of the molecule is O=C(c1ccc(F)cc1I)N1CC2CCCC2C1. The van der Waals surface area contributed by atoms with Gasteiger partial charge >= 0.3 is 0 Å². The number of carbonyl (C=O) groups is 1. The average molecular weight is 359 g/mol. The highest BCUT2D eigenvalue weighted by Crippen LogP contribution is 2.38. The highest BCUT2D eigenvalue weighted by Gasteiger charge is 2.38. The Hall–Kier alpha value is -0.650. The van der Waals surface area contributed by atoms with Crippen molar-refractivity contribution in [2.45, 2.75) is 19.3 Å². The predicted molar refractivity (Wildman–Crippen MR) is 75.9 cm³/mol. The van der Waals surface area contributed by atoms with E-state index in [2.05, 4.69) is 0 Å². The van der Waals surface area contributed by atoms with Crippen molar-refractivity contribution in [3.05, 3.63) is 33.1 Å². The molecule has 1 saturated heterocycles. The zero-order valence-electron chi connectivity index (χ0n) is 10.0. The summed E-state index contributed by atoms with van der Waals surface area (Å²) in [5.74, 6) is 1.18. The van der Waals surface area contributed by atoms with Gasteiger partial charge in [-0.25, -0.2) is 4.39 Å². The fourth-order valence-corrected chi connectivity index (χ4v) is 3.94. The van der Waals surface area contributed by atoms with Gasteiger partial charge in [0.1, 0.15) is 5.82 Å². The lowest BCUT2D eigenvalue weighted by atomic mass is 10.0. The second-order valence-electron chi connectivity index (χ2n) is 5.29. The van der Waals surface area contributed by atoms with Gasteiger partial charge < -0.3 is 4.90 Å². The average Bonchev–Trinajstić information content (AvgIpc) is 2.87. The molecule has 1 aromatic carbocycles. The summed E-state index contributed by atoms with van der Waals surface area (Å²) in [7, 11) is 0. The number of hydrogen-bond donors (Lipinski definition) is 0. The molecule has 2 nitrogen and oxygen atoms in total. The Morgan fingerprint density at radius 3 is 2.56 bits per heavy atom. The van der Waals surface area contributed by atoms with E-state index in [4.69, 9.17) is 0 Å². The molecule has 0 radical (unpaired) electrons. The summed E-state index contributed by atoms with van der Waals surface area (Å²) in [4.78, 5) is 14.4. The van der Waals surface area contributed by atoms with E-state index in [1.807, 2.05) is 27.5 Å². The van der Waals surface area contributed by atoms with Gasteiger partial charge in [-0.2, -0.15) is 0 Å². The second-order valence-corrected chi connectivity index (χ2v) is 6.45. The molecule has 2 atom stereocenters. The molecule has 0 N–H and O–H groups in total. The summed E-state index contributed by atoms with van der Waals surface area (Å²) < 4.78 is 13.7. The lowest BCUT2D eigenvalue weighted by Gasteiger charge is -2.18. The maximum absolute atomic E-state index is 13.0. The number of rotatable bonds is 1. The number of carbonyl (C=O) groups excluding carboxylic acids is 1. The highest BCUT2D eigenvalue weighted by atomic mass is 127. The molecule has 1 aliphatic heterocycles. The molecule has 1 aliphatic carbocycles.